The topological polar surface area (TPSA) is 97.7 Å². The summed E-state index contributed by atoms with van der Waals surface area (Å²) in [7, 11) is 0. The highest BCUT2D eigenvalue weighted by Gasteiger charge is 2.45. The SMILES string of the molecule is N#CC1(NC(=O)C2CCCCC2)CC1.N#CC1CCN(c2ccc(-c3cnn(-c4ccc(F)cc4)c3)cc2)CC1. The molecule has 3 fully saturated rings. The molecule has 1 N–H and O–H groups in total. The van der Waals surface area contributed by atoms with Crippen LogP contribution in [0.25, 0.3) is 16.8 Å². The molecule has 1 aliphatic heterocycles. The van der Waals surface area contributed by atoms with Crippen molar-refractivity contribution in [2.75, 3.05) is 18.0 Å². The third-order valence-electron chi connectivity index (χ3n) is 8.22. The maximum atomic E-state index is 13.1. The van der Waals surface area contributed by atoms with Crippen LogP contribution in [0.4, 0.5) is 10.1 Å². The Hall–Kier alpha value is -4.17. The number of carbonyl (C=O) groups excluding carboxylic acids is 1. The van der Waals surface area contributed by atoms with Gasteiger partial charge in [-0.2, -0.15) is 15.6 Å². The Bertz CT molecular complexity index is 1370. The molecular formula is C32H35FN6O. The van der Waals surface area contributed by atoms with E-state index in [1.807, 2.05) is 12.4 Å². The minimum absolute atomic E-state index is 0.115. The van der Waals surface area contributed by atoms with Gasteiger partial charge in [0.2, 0.25) is 5.91 Å². The molecule has 2 aliphatic carbocycles. The van der Waals surface area contributed by atoms with Crippen molar-refractivity contribution in [1.82, 2.24) is 15.1 Å². The Labute approximate surface area is 235 Å². The first-order valence-electron chi connectivity index (χ1n) is 14.3. The predicted molar refractivity (Wildman–Crippen MR) is 152 cm³/mol. The van der Waals surface area contributed by atoms with Crippen LogP contribution in [0.1, 0.15) is 57.8 Å². The Morgan fingerprint density at radius 3 is 2.15 bits per heavy atom. The lowest BCUT2D eigenvalue weighted by Crippen LogP contribution is -2.40. The second kappa shape index (κ2) is 12.3. The Morgan fingerprint density at radius 1 is 0.900 bits per heavy atom. The van der Waals surface area contributed by atoms with E-state index in [-0.39, 0.29) is 23.6 Å². The van der Waals surface area contributed by atoms with Crippen LogP contribution >= 0.6 is 0 Å². The number of benzene rings is 2. The summed E-state index contributed by atoms with van der Waals surface area (Å²) in [5, 5.41) is 25.1. The number of aromatic nitrogens is 2. The number of nitrogens with one attached hydrogen (secondary N) is 1. The summed E-state index contributed by atoms with van der Waals surface area (Å²) in [5.74, 6) is 0.233. The number of piperidine rings is 1. The maximum Gasteiger partial charge on any atom is 0.224 e. The standard InChI is InChI=1S/C21H19FN4.C11H16N2O/c22-19-3-7-21(8-4-19)26-15-18(14-24-26)17-1-5-20(6-2-17)25-11-9-16(13-23)10-12-25;12-8-11(6-7-11)13-10(14)9-4-2-1-3-5-9/h1-8,14-16H,9-12H2;9H,1-7H2,(H,13,14). The highest BCUT2D eigenvalue weighted by molar-refractivity contribution is 5.80. The molecule has 3 aromatic rings. The van der Waals surface area contributed by atoms with Crippen LogP contribution in [0.3, 0.4) is 0 Å². The van der Waals surface area contributed by atoms with Gasteiger partial charge in [-0.05, 0) is 80.5 Å². The van der Waals surface area contributed by atoms with E-state index >= 15 is 0 Å². The van der Waals surface area contributed by atoms with E-state index in [0.29, 0.717) is 0 Å². The first-order valence-corrected chi connectivity index (χ1v) is 14.3. The summed E-state index contributed by atoms with van der Waals surface area (Å²) < 4.78 is 14.8. The Morgan fingerprint density at radius 2 is 1.55 bits per heavy atom. The van der Waals surface area contributed by atoms with Crippen LogP contribution in [0.5, 0.6) is 0 Å². The number of amides is 1. The average Bonchev–Trinajstić information content (AvgIpc) is 3.61. The summed E-state index contributed by atoms with van der Waals surface area (Å²) in [6.45, 7) is 1.86. The number of carbonyl (C=O) groups is 1. The second-order valence-electron chi connectivity index (χ2n) is 11.1. The van der Waals surface area contributed by atoms with Gasteiger partial charge in [-0.3, -0.25) is 4.79 Å². The third kappa shape index (κ3) is 6.69. The van der Waals surface area contributed by atoms with Crippen molar-refractivity contribution in [1.29, 1.82) is 10.5 Å². The van der Waals surface area contributed by atoms with Crippen molar-refractivity contribution in [2.45, 2.75) is 63.3 Å². The van der Waals surface area contributed by atoms with E-state index in [9.17, 15) is 9.18 Å². The minimum atomic E-state index is -0.478. The number of halogens is 1. The molecule has 40 heavy (non-hydrogen) atoms. The summed E-state index contributed by atoms with van der Waals surface area (Å²) in [4.78, 5) is 14.1. The smallest absolute Gasteiger partial charge is 0.224 e. The van der Waals surface area contributed by atoms with Crippen molar-refractivity contribution < 1.29 is 9.18 Å². The minimum Gasteiger partial charge on any atom is -0.371 e. The van der Waals surface area contributed by atoms with Crippen LogP contribution in [0.15, 0.2) is 60.9 Å². The molecule has 3 aliphatic rings. The van der Waals surface area contributed by atoms with Crippen LogP contribution in [0, 0.1) is 40.3 Å². The van der Waals surface area contributed by atoms with E-state index < -0.39 is 5.54 Å². The number of rotatable bonds is 5. The molecule has 0 radical (unpaired) electrons. The molecule has 0 unspecified atom stereocenters. The maximum absolute atomic E-state index is 13.1. The second-order valence-corrected chi connectivity index (χ2v) is 11.1. The van der Waals surface area contributed by atoms with Crippen LogP contribution in [0.2, 0.25) is 0 Å². The number of hydrogen-bond acceptors (Lipinski definition) is 5. The molecule has 7 nitrogen and oxygen atoms in total. The van der Waals surface area contributed by atoms with E-state index in [1.54, 1.807) is 16.8 Å². The largest absolute Gasteiger partial charge is 0.371 e. The molecule has 1 saturated heterocycles. The monoisotopic (exact) mass is 538 g/mol. The van der Waals surface area contributed by atoms with Gasteiger partial charge in [0.25, 0.3) is 0 Å². The zero-order valence-electron chi connectivity index (χ0n) is 22.7. The van der Waals surface area contributed by atoms with Crippen LogP contribution < -0.4 is 10.2 Å². The lowest BCUT2D eigenvalue weighted by Gasteiger charge is -2.31. The zero-order chi connectivity index (χ0) is 28.0. The van der Waals surface area contributed by atoms with Crippen LogP contribution in [-0.2, 0) is 4.79 Å². The van der Waals surface area contributed by atoms with Gasteiger partial charge < -0.3 is 10.2 Å². The van der Waals surface area contributed by atoms with Crippen molar-refractivity contribution >= 4 is 11.6 Å². The summed E-state index contributed by atoms with van der Waals surface area (Å²) in [6, 6.07) is 19.3. The predicted octanol–water partition coefficient (Wildman–Crippen LogP) is 6.16. The van der Waals surface area contributed by atoms with Gasteiger partial charge in [0.1, 0.15) is 11.4 Å². The van der Waals surface area contributed by atoms with Crippen LogP contribution in [-0.4, -0.2) is 34.3 Å². The van der Waals surface area contributed by atoms with Crippen molar-refractivity contribution in [3.05, 3.63) is 66.7 Å². The molecule has 1 amide bonds. The van der Waals surface area contributed by atoms with Gasteiger partial charge in [0, 0.05) is 42.4 Å². The Balaban J connectivity index is 0.000000194. The zero-order valence-corrected chi connectivity index (χ0v) is 22.7. The van der Waals surface area contributed by atoms with Gasteiger partial charge in [-0.15, -0.1) is 0 Å². The first kappa shape index (κ1) is 27.4. The lowest BCUT2D eigenvalue weighted by atomic mass is 9.88. The molecule has 0 spiro atoms. The van der Waals surface area contributed by atoms with E-state index in [1.165, 1.54) is 24.2 Å². The fraction of sp³-hybridized carbons (Fsp3) is 0.438. The Kier molecular flexibility index (Phi) is 8.45. The average molecular weight is 539 g/mol. The quantitative estimate of drug-likeness (QED) is 0.420. The molecule has 2 heterocycles. The van der Waals surface area contributed by atoms with Gasteiger partial charge in [0.05, 0.1) is 24.0 Å². The van der Waals surface area contributed by atoms with Gasteiger partial charge >= 0.3 is 0 Å². The molecular weight excluding hydrogens is 503 g/mol. The number of hydrogen-bond donors (Lipinski definition) is 1. The highest BCUT2D eigenvalue weighted by atomic mass is 19.1. The first-order chi connectivity index (χ1) is 19.5. The van der Waals surface area contributed by atoms with E-state index in [2.05, 4.69) is 51.7 Å². The van der Waals surface area contributed by atoms with Crippen molar-refractivity contribution in [3.63, 3.8) is 0 Å². The molecule has 2 saturated carbocycles. The molecule has 0 atom stereocenters. The molecule has 8 heteroatoms. The third-order valence-corrected chi connectivity index (χ3v) is 8.22. The lowest BCUT2D eigenvalue weighted by molar-refractivity contribution is -0.126. The highest BCUT2D eigenvalue weighted by Crippen LogP contribution is 2.35. The number of anilines is 1. The molecule has 2 aromatic carbocycles. The van der Waals surface area contributed by atoms with Gasteiger partial charge in [-0.1, -0.05) is 31.4 Å². The molecule has 1 aromatic heterocycles. The molecule has 6 rings (SSSR count). The van der Waals surface area contributed by atoms with Gasteiger partial charge in [0.15, 0.2) is 0 Å². The number of nitrogens with zero attached hydrogens (tertiary/aromatic N) is 5. The fourth-order valence-electron chi connectivity index (χ4n) is 5.43. The normalized spacial score (nSPS) is 18.5. The summed E-state index contributed by atoms with van der Waals surface area (Å²) in [6.07, 6.45) is 12.9. The van der Waals surface area contributed by atoms with Crippen molar-refractivity contribution in [2.24, 2.45) is 11.8 Å². The van der Waals surface area contributed by atoms with E-state index in [4.69, 9.17) is 10.5 Å². The number of nitriles is 2. The molecule has 206 valence electrons. The summed E-state index contributed by atoms with van der Waals surface area (Å²) in [5.41, 5.74) is 3.65. The van der Waals surface area contributed by atoms with Gasteiger partial charge in [-0.25, -0.2) is 9.07 Å². The molecule has 0 bridgehead atoms. The van der Waals surface area contributed by atoms with E-state index in [0.717, 1.165) is 81.3 Å². The fourth-order valence-corrected chi connectivity index (χ4v) is 5.43. The summed E-state index contributed by atoms with van der Waals surface area (Å²) >= 11 is 0. The van der Waals surface area contributed by atoms with Crippen molar-refractivity contribution in [3.8, 4) is 29.0 Å².